The van der Waals surface area contributed by atoms with Crippen molar-refractivity contribution in [2.75, 3.05) is 11.1 Å². The number of halogens is 3. The Morgan fingerprint density at radius 2 is 1.85 bits per heavy atom. The zero-order valence-corrected chi connectivity index (χ0v) is 11.9. The van der Waals surface area contributed by atoms with E-state index in [1.54, 1.807) is 13.0 Å². The summed E-state index contributed by atoms with van der Waals surface area (Å²) in [6, 6.07) is 5.12. The van der Waals surface area contributed by atoms with Gasteiger partial charge in [0.25, 0.3) is 5.91 Å². The highest BCUT2D eigenvalue weighted by Gasteiger charge is 2.14. The predicted molar refractivity (Wildman–Crippen MR) is 77.8 cm³/mol. The number of anilines is 2. The fourth-order valence-electron chi connectivity index (χ4n) is 1.67. The summed E-state index contributed by atoms with van der Waals surface area (Å²) < 4.78 is 13.1. The molecule has 0 aliphatic rings. The minimum Gasteiger partial charge on any atom is -0.384 e. The molecule has 20 heavy (non-hydrogen) atoms. The van der Waals surface area contributed by atoms with Gasteiger partial charge in [-0.25, -0.2) is 9.37 Å². The standard InChI is InChI=1S/C13H10Cl2FN3O/c1-6-2-7(3-11(17)18-6)13(20)19-12-9(14)4-8(16)5-10(12)15/h2-5H,1H3,(H2,17,18)(H,19,20). The van der Waals surface area contributed by atoms with Crippen LogP contribution in [0.3, 0.4) is 0 Å². The third kappa shape index (κ3) is 3.18. The molecule has 0 aliphatic carbocycles. The van der Waals surface area contributed by atoms with Gasteiger partial charge in [0.15, 0.2) is 0 Å². The highest BCUT2D eigenvalue weighted by Crippen LogP contribution is 2.31. The molecular formula is C13H10Cl2FN3O. The van der Waals surface area contributed by atoms with Gasteiger partial charge < -0.3 is 11.1 Å². The second kappa shape index (κ2) is 5.64. The molecule has 0 radical (unpaired) electrons. The Labute approximate surface area is 124 Å². The molecule has 2 aromatic rings. The molecule has 0 atom stereocenters. The number of carbonyl (C=O) groups is 1. The molecule has 0 aliphatic heterocycles. The first-order valence-electron chi connectivity index (χ1n) is 5.57. The van der Waals surface area contributed by atoms with Crippen molar-refractivity contribution in [2.24, 2.45) is 0 Å². The van der Waals surface area contributed by atoms with Gasteiger partial charge >= 0.3 is 0 Å². The van der Waals surface area contributed by atoms with Crippen LogP contribution in [-0.2, 0) is 0 Å². The van der Waals surface area contributed by atoms with Crippen molar-refractivity contribution in [2.45, 2.75) is 6.92 Å². The molecule has 0 spiro atoms. The third-order valence-electron chi connectivity index (χ3n) is 2.48. The highest BCUT2D eigenvalue weighted by molar-refractivity contribution is 6.40. The van der Waals surface area contributed by atoms with Crippen molar-refractivity contribution in [1.82, 2.24) is 4.98 Å². The number of rotatable bonds is 2. The van der Waals surface area contributed by atoms with Gasteiger partial charge in [-0.05, 0) is 31.2 Å². The monoisotopic (exact) mass is 313 g/mol. The fraction of sp³-hybridized carbons (Fsp3) is 0.0769. The van der Waals surface area contributed by atoms with Gasteiger partial charge in [-0.15, -0.1) is 0 Å². The van der Waals surface area contributed by atoms with Crippen LogP contribution in [-0.4, -0.2) is 10.9 Å². The Hall–Kier alpha value is -1.85. The van der Waals surface area contributed by atoms with Crippen LogP contribution in [0.15, 0.2) is 24.3 Å². The van der Waals surface area contributed by atoms with Crippen molar-refractivity contribution < 1.29 is 9.18 Å². The smallest absolute Gasteiger partial charge is 0.255 e. The summed E-state index contributed by atoms with van der Waals surface area (Å²) in [4.78, 5) is 16.1. The second-order valence-corrected chi connectivity index (χ2v) is 4.94. The maximum Gasteiger partial charge on any atom is 0.255 e. The Morgan fingerprint density at radius 1 is 1.25 bits per heavy atom. The minimum atomic E-state index is -0.581. The average Bonchev–Trinajstić information content (AvgIpc) is 2.32. The van der Waals surface area contributed by atoms with Crippen LogP contribution in [0, 0.1) is 12.7 Å². The summed E-state index contributed by atoms with van der Waals surface area (Å²) >= 11 is 11.7. The Bertz CT molecular complexity index is 648. The number of aryl methyl sites for hydroxylation is 1. The van der Waals surface area contributed by atoms with E-state index >= 15 is 0 Å². The van der Waals surface area contributed by atoms with Crippen molar-refractivity contribution in [3.63, 3.8) is 0 Å². The van der Waals surface area contributed by atoms with E-state index in [0.29, 0.717) is 11.3 Å². The maximum absolute atomic E-state index is 13.1. The van der Waals surface area contributed by atoms with Gasteiger partial charge in [0, 0.05) is 11.3 Å². The van der Waals surface area contributed by atoms with Crippen LogP contribution < -0.4 is 11.1 Å². The lowest BCUT2D eigenvalue weighted by atomic mass is 10.2. The van der Waals surface area contributed by atoms with E-state index in [1.807, 2.05) is 0 Å². The number of nitrogens with two attached hydrogens (primary N) is 1. The number of carbonyl (C=O) groups excluding carboxylic acids is 1. The highest BCUT2D eigenvalue weighted by atomic mass is 35.5. The SMILES string of the molecule is Cc1cc(C(=O)Nc2c(Cl)cc(F)cc2Cl)cc(N)n1. The summed E-state index contributed by atoms with van der Waals surface area (Å²) in [7, 11) is 0. The quantitative estimate of drug-likeness (QED) is 0.888. The maximum atomic E-state index is 13.1. The third-order valence-corrected chi connectivity index (χ3v) is 3.08. The molecule has 0 saturated carbocycles. The summed E-state index contributed by atoms with van der Waals surface area (Å²) in [5.41, 5.74) is 6.64. The Balaban J connectivity index is 2.32. The summed E-state index contributed by atoms with van der Waals surface area (Å²) in [5, 5.41) is 2.56. The van der Waals surface area contributed by atoms with Crippen LogP contribution in [0.4, 0.5) is 15.9 Å². The van der Waals surface area contributed by atoms with E-state index < -0.39 is 11.7 Å². The zero-order valence-electron chi connectivity index (χ0n) is 10.4. The number of nitrogen functional groups attached to an aromatic ring is 1. The molecule has 3 N–H and O–H groups in total. The first-order chi connectivity index (χ1) is 9.36. The molecule has 0 saturated heterocycles. The fourth-order valence-corrected chi connectivity index (χ4v) is 2.23. The summed E-state index contributed by atoms with van der Waals surface area (Å²) in [6.45, 7) is 1.71. The molecule has 1 aromatic heterocycles. The molecule has 4 nitrogen and oxygen atoms in total. The zero-order chi connectivity index (χ0) is 14.9. The predicted octanol–water partition coefficient (Wildman–Crippen LogP) is 3.67. The van der Waals surface area contributed by atoms with E-state index in [9.17, 15) is 9.18 Å². The van der Waals surface area contributed by atoms with Crippen molar-refractivity contribution in [1.29, 1.82) is 0 Å². The lowest BCUT2D eigenvalue weighted by molar-refractivity contribution is 0.102. The van der Waals surface area contributed by atoms with Gasteiger partial charge in [-0.3, -0.25) is 4.79 Å². The van der Waals surface area contributed by atoms with Gasteiger partial charge in [-0.1, -0.05) is 23.2 Å². The van der Waals surface area contributed by atoms with Gasteiger partial charge in [0.05, 0.1) is 15.7 Å². The molecule has 7 heteroatoms. The van der Waals surface area contributed by atoms with E-state index in [-0.39, 0.29) is 21.6 Å². The van der Waals surface area contributed by atoms with Gasteiger partial charge in [-0.2, -0.15) is 0 Å². The van der Waals surface area contributed by atoms with Gasteiger partial charge in [0.2, 0.25) is 0 Å². The number of nitrogens with zero attached hydrogens (tertiary/aromatic N) is 1. The van der Waals surface area contributed by atoms with E-state index in [0.717, 1.165) is 12.1 Å². The second-order valence-electron chi connectivity index (χ2n) is 4.12. The number of pyridine rings is 1. The van der Waals surface area contributed by atoms with E-state index in [2.05, 4.69) is 10.3 Å². The first kappa shape index (κ1) is 14.6. The van der Waals surface area contributed by atoms with Crippen LogP contribution in [0.2, 0.25) is 10.0 Å². The van der Waals surface area contributed by atoms with Crippen LogP contribution >= 0.6 is 23.2 Å². The molecule has 1 aromatic carbocycles. The van der Waals surface area contributed by atoms with Crippen molar-refractivity contribution >= 4 is 40.6 Å². The van der Waals surface area contributed by atoms with Crippen LogP contribution in [0.1, 0.15) is 16.1 Å². The molecule has 0 bridgehead atoms. The van der Waals surface area contributed by atoms with E-state index in [1.165, 1.54) is 6.07 Å². The Morgan fingerprint density at radius 3 is 2.40 bits per heavy atom. The number of hydrogen-bond acceptors (Lipinski definition) is 3. The topological polar surface area (TPSA) is 68.0 Å². The number of aromatic nitrogens is 1. The lowest BCUT2D eigenvalue weighted by Crippen LogP contribution is -2.14. The molecule has 2 rings (SSSR count). The molecule has 1 heterocycles. The summed E-state index contributed by atoms with van der Waals surface area (Å²) in [6.07, 6.45) is 0. The number of hydrogen-bond donors (Lipinski definition) is 2. The number of amides is 1. The molecule has 0 unspecified atom stereocenters. The van der Waals surface area contributed by atoms with Crippen LogP contribution in [0.5, 0.6) is 0 Å². The molecule has 0 fully saturated rings. The minimum absolute atomic E-state index is 0.0158. The van der Waals surface area contributed by atoms with E-state index in [4.69, 9.17) is 28.9 Å². The first-order valence-corrected chi connectivity index (χ1v) is 6.32. The largest absolute Gasteiger partial charge is 0.384 e. The molecule has 1 amide bonds. The van der Waals surface area contributed by atoms with Crippen molar-refractivity contribution in [3.05, 3.63) is 51.4 Å². The summed E-state index contributed by atoms with van der Waals surface area (Å²) in [5.74, 6) is -0.814. The lowest BCUT2D eigenvalue weighted by Gasteiger charge is -2.10. The number of benzene rings is 1. The molecular weight excluding hydrogens is 304 g/mol. The van der Waals surface area contributed by atoms with Crippen LogP contribution in [0.25, 0.3) is 0 Å². The van der Waals surface area contributed by atoms with Gasteiger partial charge in [0.1, 0.15) is 11.6 Å². The Kier molecular flexibility index (Phi) is 4.11. The average molecular weight is 314 g/mol. The number of nitrogens with one attached hydrogen (secondary N) is 1. The normalized spacial score (nSPS) is 10.4. The molecule has 104 valence electrons. The van der Waals surface area contributed by atoms with Crippen molar-refractivity contribution in [3.8, 4) is 0 Å².